The Kier molecular flexibility index (Phi) is 5.00. The van der Waals surface area contributed by atoms with E-state index in [1.54, 1.807) is 12.1 Å². The average molecular weight is 468 g/mol. The number of hydrogen-bond acceptors (Lipinski definition) is 5. The normalized spacial score (nSPS) is 15.1. The van der Waals surface area contributed by atoms with Gasteiger partial charge >= 0.3 is 0 Å². The fourth-order valence-electron chi connectivity index (χ4n) is 3.93. The van der Waals surface area contributed by atoms with Gasteiger partial charge in [-0.15, -0.1) is 0 Å². The van der Waals surface area contributed by atoms with Crippen LogP contribution in [0.5, 0.6) is 0 Å². The Labute approximate surface area is 181 Å². The van der Waals surface area contributed by atoms with E-state index in [9.17, 15) is 9.50 Å². The van der Waals surface area contributed by atoms with Crippen LogP contribution in [0, 0.1) is 5.82 Å². The standard InChI is InChI=1S/C23H19BrFN3O2/c24-16-5-1-15(2-6-16)21-19(14-3-7-17(25)8-4-14)20-22(26-13-27-23(20)30-21)28-11-9-18(29)10-12-28/h1-8,13,18,29H,9-12H2. The van der Waals surface area contributed by atoms with Gasteiger partial charge in [0.2, 0.25) is 5.71 Å². The molecule has 1 N–H and O–H groups in total. The fourth-order valence-corrected chi connectivity index (χ4v) is 4.20. The van der Waals surface area contributed by atoms with Crippen molar-refractivity contribution < 1.29 is 13.9 Å². The smallest absolute Gasteiger partial charge is 0.232 e. The Balaban J connectivity index is 1.75. The Morgan fingerprint density at radius 2 is 1.63 bits per heavy atom. The first-order valence-electron chi connectivity index (χ1n) is 9.82. The van der Waals surface area contributed by atoms with Gasteiger partial charge in [-0.2, -0.15) is 0 Å². The summed E-state index contributed by atoms with van der Waals surface area (Å²) in [6, 6.07) is 14.2. The van der Waals surface area contributed by atoms with Crippen LogP contribution >= 0.6 is 15.9 Å². The number of benzene rings is 2. The molecular weight excluding hydrogens is 449 g/mol. The summed E-state index contributed by atoms with van der Waals surface area (Å²) in [7, 11) is 0. The van der Waals surface area contributed by atoms with E-state index >= 15 is 0 Å². The lowest BCUT2D eigenvalue weighted by Crippen LogP contribution is -2.36. The molecule has 1 aliphatic heterocycles. The number of fused-ring (bicyclic) bond motifs is 1. The van der Waals surface area contributed by atoms with Gasteiger partial charge < -0.3 is 14.4 Å². The molecule has 1 aliphatic rings. The fraction of sp³-hybridized carbons (Fsp3) is 0.217. The highest BCUT2D eigenvalue weighted by Crippen LogP contribution is 2.43. The predicted molar refractivity (Wildman–Crippen MR) is 118 cm³/mol. The van der Waals surface area contributed by atoms with Crippen LogP contribution in [0.15, 0.2) is 63.7 Å². The van der Waals surface area contributed by atoms with E-state index in [-0.39, 0.29) is 11.9 Å². The second-order valence-corrected chi connectivity index (χ2v) is 8.33. The largest absolute Gasteiger partial charge is 0.437 e. The molecule has 5 rings (SSSR count). The highest BCUT2D eigenvalue weighted by Gasteiger charge is 2.26. The molecule has 0 unspecified atom stereocenters. The number of aromatic nitrogens is 2. The molecule has 1 saturated heterocycles. The van der Waals surface area contributed by atoms with Crippen molar-refractivity contribution >= 4 is 32.8 Å². The first kappa shape index (κ1) is 19.2. The van der Waals surface area contributed by atoms with Crippen LogP contribution in [0.25, 0.3) is 33.6 Å². The van der Waals surface area contributed by atoms with Crippen LogP contribution in [0.1, 0.15) is 12.8 Å². The molecule has 0 spiro atoms. The molecule has 0 atom stereocenters. The first-order chi connectivity index (χ1) is 14.6. The molecule has 2 aromatic heterocycles. The summed E-state index contributed by atoms with van der Waals surface area (Å²) in [5.41, 5.74) is 3.06. The van der Waals surface area contributed by atoms with Crippen molar-refractivity contribution in [1.82, 2.24) is 9.97 Å². The maximum absolute atomic E-state index is 13.6. The van der Waals surface area contributed by atoms with Gasteiger partial charge in [0.1, 0.15) is 23.7 Å². The molecule has 0 aliphatic carbocycles. The number of furan rings is 1. The van der Waals surface area contributed by atoms with E-state index in [1.807, 2.05) is 24.3 Å². The third-order valence-electron chi connectivity index (χ3n) is 5.47. The van der Waals surface area contributed by atoms with Crippen LogP contribution in [-0.2, 0) is 0 Å². The minimum absolute atomic E-state index is 0.280. The summed E-state index contributed by atoms with van der Waals surface area (Å²) in [4.78, 5) is 11.1. The van der Waals surface area contributed by atoms with Crippen LogP contribution in [-0.4, -0.2) is 34.3 Å². The number of halogens is 2. The SMILES string of the molecule is OC1CCN(c2ncnc3oc(-c4ccc(Br)cc4)c(-c4ccc(F)cc4)c23)CC1. The van der Waals surface area contributed by atoms with Crippen LogP contribution < -0.4 is 4.90 Å². The van der Waals surface area contributed by atoms with Crippen molar-refractivity contribution in [1.29, 1.82) is 0 Å². The van der Waals surface area contributed by atoms with E-state index in [4.69, 9.17) is 4.42 Å². The van der Waals surface area contributed by atoms with Gasteiger partial charge in [0, 0.05) is 28.7 Å². The van der Waals surface area contributed by atoms with Crippen molar-refractivity contribution in [2.24, 2.45) is 0 Å². The number of aliphatic hydroxyl groups excluding tert-OH is 1. The number of rotatable bonds is 3. The Morgan fingerprint density at radius 3 is 2.33 bits per heavy atom. The Bertz CT molecular complexity index is 1180. The highest BCUT2D eigenvalue weighted by molar-refractivity contribution is 9.10. The third-order valence-corrected chi connectivity index (χ3v) is 6.00. The van der Waals surface area contributed by atoms with E-state index in [0.717, 1.165) is 32.4 Å². The number of aliphatic hydroxyl groups is 1. The molecule has 152 valence electrons. The van der Waals surface area contributed by atoms with Crippen LogP contribution in [0.2, 0.25) is 0 Å². The summed E-state index contributed by atoms with van der Waals surface area (Å²) in [5, 5.41) is 10.7. The topological polar surface area (TPSA) is 62.4 Å². The molecule has 5 nitrogen and oxygen atoms in total. The van der Waals surface area contributed by atoms with Crippen molar-refractivity contribution in [3.8, 4) is 22.5 Å². The molecule has 0 bridgehead atoms. The van der Waals surface area contributed by atoms with Crippen molar-refractivity contribution in [3.63, 3.8) is 0 Å². The highest BCUT2D eigenvalue weighted by atomic mass is 79.9. The Hall–Kier alpha value is -2.77. The zero-order valence-electron chi connectivity index (χ0n) is 16.1. The van der Waals surface area contributed by atoms with E-state index < -0.39 is 0 Å². The van der Waals surface area contributed by atoms with Crippen molar-refractivity contribution in [3.05, 3.63) is 65.1 Å². The number of nitrogens with zero attached hydrogens (tertiary/aromatic N) is 3. The monoisotopic (exact) mass is 467 g/mol. The third kappa shape index (κ3) is 3.48. The lowest BCUT2D eigenvalue weighted by molar-refractivity contribution is 0.145. The molecule has 0 amide bonds. The van der Waals surface area contributed by atoms with Gasteiger partial charge in [-0.3, -0.25) is 0 Å². The van der Waals surface area contributed by atoms with Gasteiger partial charge in [-0.25, -0.2) is 14.4 Å². The summed E-state index contributed by atoms with van der Waals surface area (Å²) in [6.45, 7) is 1.41. The van der Waals surface area contributed by atoms with Crippen LogP contribution in [0.3, 0.4) is 0 Å². The maximum atomic E-state index is 13.6. The number of piperidine rings is 1. The second-order valence-electron chi connectivity index (χ2n) is 7.42. The van der Waals surface area contributed by atoms with E-state index in [1.165, 1.54) is 18.5 Å². The minimum Gasteiger partial charge on any atom is -0.437 e. The van der Waals surface area contributed by atoms with Crippen molar-refractivity contribution in [2.45, 2.75) is 18.9 Å². The second kappa shape index (κ2) is 7.81. The summed E-state index contributed by atoms with van der Waals surface area (Å²) >= 11 is 3.47. The molecule has 3 heterocycles. The molecule has 0 radical (unpaired) electrons. The molecule has 30 heavy (non-hydrogen) atoms. The molecule has 4 aromatic rings. The maximum Gasteiger partial charge on any atom is 0.232 e. The lowest BCUT2D eigenvalue weighted by atomic mass is 9.98. The zero-order valence-corrected chi connectivity index (χ0v) is 17.6. The average Bonchev–Trinajstić information content (AvgIpc) is 3.15. The van der Waals surface area contributed by atoms with Crippen LogP contribution in [0.4, 0.5) is 10.2 Å². The van der Waals surface area contributed by atoms with Gasteiger partial charge in [0.05, 0.1) is 11.5 Å². The molecule has 1 fully saturated rings. The summed E-state index contributed by atoms with van der Waals surface area (Å²) in [6.07, 6.45) is 2.60. The first-order valence-corrected chi connectivity index (χ1v) is 10.6. The minimum atomic E-state index is -0.293. The van der Waals surface area contributed by atoms with E-state index in [0.29, 0.717) is 37.4 Å². The van der Waals surface area contributed by atoms with Gasteiger partial charge in [-0.05, 0) is 42.7 Å². The summed E-state index contributed by atoms with van der Waals surface area (Å²) in [5.74, 6) is 1.15. The number of hydrogen-bond donors (Lipinski definition) is 1. The van der Waals surface area contributed by atoms with Gasteiger partial charge in [0.25, 0.3) is 0 Å². The zero-order chi connectivity index (χ0) is 20.7. The van der Waals surface area contributed by atoms with Gasteiger partial charge in [-0.1, -0.05) is 40.2 Å². The van der Waals surface area contributed by atoms with Gasteiger partial charge in [0.15, 0.2) is 0 Å². The van der Waals surface area contributed by atoms with Crippen molar-refractivity contribution in [2.75, 3.05) is 18.0 Å². The molecule has 7 heteroatoms. The molecular formula is C23H19BrFN3O2. The molecule has 2 aromatic carbocycles. The summed E-state index contributed by atoms with van der Waals surface area (Å²) < 4.78 is 20.8. The molecule has 0 saturated carbocycles. The quantitative estimate of drug-likeness (QED) is 0.435. The predicted octanol–water partition coefficient (Wildman–Crippen LogP) is 5.42. The van der Waals surface area contributed by atoms with E-state index in [2.05, 4.69) is 30.8 Å². The number of anilines is 1. The lowest BCUT2D eigenvalue weighted by Gasteiger charge is -2.30. The Morgan fingerprint density at radius 1 is 0.967 bits per heavy atom.